The van der Waals surface area contributed by atoms with Gasteiger partial charge < -0.3 is 21.1 Å². The van der Waals surface area contributed by atoms with Crippen LogP contribution in [0.4, 0.5) is 19.0 Å². The second kappa shape index (κ2) is 12.3. The van der Waals surface area contributed by atoms with Gasteiger partial charge in [0.15, 0.2) is 5.96 Å². The molecule has 0 aliphatic heterocycles. The van der Waals surface area contributed by atoms with Crippen molar-refractivity contribution in [3.8, 4) is 0 Å². The Morgan fingerprint density at radius 1 is 1.20 bits per heavy atom. The molecule has 168 valence electrons. The van der Waals surface area contributed by atoms with Crippen LogP contribution in [0.3, 0.4) is 0 Å². The van der Waals surface area contributed by atoms with Crippen LogP contribution >= 0.6 is 35.3 Å². The summed E-state index contributed by atoms with van der Waals surface area (Å²) in [7, 11) is 0. The van der Waals surface area contributed by atoms with Crippen molar-refractivity contribution in [2.24, 2.45) is 4.99 Å². The van der Waals surface area contributed by atoms with Gasteiger partial charge in [-0.05, 0) is 43.8 Å². The van der Waals surface area contributed by atoms with Crippen LogP contribution in [0.15, 0.2) is 40.8 Å². The fraction of sp³-hybridized carbons (Fsp3) is 0.474. The fourth-order valence-electron chi connectivity index (χ4n) is 2.42. The minimum absolute atomic E-state index is 0. The Balaban J connectivity index is 0.00000450. The molecular weight excluding hydrogens is 530 g/mol. The number of pyridine rings is 1. The van der Waals surface area contributed by atoms with Gasteiger partial charge in [0.2, 0.25) is 0 Å². The number of halogens is 4. The second-order valence-electron chi connectivity index (χ2n) is 6.58. The Labute approximate surface area is 195 Å². The molecule has 1 unspecified atom stereocenters. The van der Waals surface area contributed by atoms with Crippen molar-refractivity contribution in [2.45, 2.75) is 32.0 Å². The number of rotatable bonds is 9. The largest absolute Gasteiger partial charge is 0.417 e. The number of hydrogen-bond acceptors (Lipinski definition) is 5. The quantitative estimate of drug-likeness (QED) is 0.162. The number of nitrogens with one attached hydrogen (secondary N) is 3. The lowest BCUT2D eigenvalue weighted by Crippen LogP contribution is -2.39. The van der Waals surface area contributed by atoms with E-state index in [0.29, 0.717) is 37.8 Å². The third-order valence-electron chi connectivity index (χ3n) is 3.98. The lowest BCUT2D eigenvalue weighted by Gasteiger charge is -2.20. The molecule has 0 saturated carbocycles. The first kappa shape index (κ1) is 26.4. The molecule has 1 atom stereocenters. The smallest absolute Gasteiger partial charge is 0.383 e. The summed E-state index contributed by atoms with van der Waals surface area (Å²) in [4.78, 5) is 9.07. The average Bonchev–Trinajstić information content (AvgIpc) is 3.21. The highest BCUT2D eigenvalue weighted by Crippen LogP contribution is 2.28. The van der Waals surface area contributed by atoms with E-state index >= 15 is 0 Å². The number of anilines is 1. The van der Waals surface area contributed by atoms with Crippen LogP contribution in [-0.2, 0) is 11.8 Å². The van der Waals surface area contributed by atoms with Gasteiger partial charge in [0.25, 0.3) is 0 Å². The molecular formula is C19H27F3IN5OS. The lowest BCUT2D eigenvalue weighted by atomic mass is 10.1. The molecule has 0 saturated heterocycles. The third-order valence-corrected chi connectivity index (χ3v) is 5.11. The van der Waals surface area contributed by atoms with Crippen molar-refractivity contribution in [1.82, 2.24) is 15.6 Å². The van der Waals surface area contributed by atoms with Gasteiger partial charge >= 0.3 is 6.18 Å². The highest BCUT2D eigenvalue weighted by atomic mass is 127. The van der Waals surface area contributed by atoms with E-state index in [1.807, 2.05) is 24.4 Å². The molecule has 0 amide bonds. The molecule has 30 heavy (non-hydrogen) atoms. The molecule has 4 N–H and O–H groups in total. The Kier molecular flexibility index (Phi) is 10.8. The van der Waals surface area contributed by atoms with Crippen LogP contribution in [0.2, 0.25) is 0 Å². The van der Waals surface area contributed by atoms with Crippen molar-refractivity contribution in [1.29, 1.82) is 0 Å². The molecule has 2 heterocycles. The molecule has 0 aromatic carbocycles. The van der Waals surface area contributed by atoms with Crippen LogP contribution in [-0.4, -0.2) is 42.2 Å². The van der Waals surface area contributed by atoms with Gasteiger partial charge in [-0.3, -0.25) is 0 Å². The Morgan fingerprint density at radius 3 is 2.53 bits per heavy atom. The standard InChI is InChI=1S/C19H26F3N5OS.HI/c1-3-23-17(27-13-18(2,28)15-6-4-11-29-15)25-10-5-9-24-16-8-7-14(12-26-16)19(20,21)22;/h4,6-8,11-12,28H,3,5,9-10,13H2,1-2H3,(H,24,26)(H2,23,25,27);1H. The third kappa shape index (κ3) is 8.64. The number of aliphatic hydroxyl groups is 1. The first-order valence-corrected chi connectivity index (χ1v) is 10.2. The molecule has 0 fully saturated rings. The van der Waals surface area contributed by atoms with Crippen molar-refractivity contribution < 1.29 is 18.3 Å². The van der Waals surface area contributed by atoms with Gasteiger partial charge in [-0.1, -0.05) is 6.07 Å². The van der Waals surface area contributed by atoms with Gasteiger partial charge in [0.1, 0.15) is 11.4 Å². The van der Waals surface area contributed by atoms with Crippen LogP contribution in [0.1, 0.15) is 30.7 Å². The normalized spacial score (nSPS) is 13.9. The molecule has 2 rings (SSSR count). The molecule has 2 aromatic rings. The summed E-state index contributed by atoms with van der Waals surface area (Å²) in [6, 6.07) is 6.08. The van der Waals surface area contributed by atoms with E-state index in [2.05, 4.69) is 25.9 Å². The Morgan fingerprint density at radius 2 is 1.97 bits per heavy atom. The minimum atomic E-state index is -4.38. The first-order valence-electron chi connectivity index (χ1n) is 9.28. The summed E-state index contributed by atoms with van der Waals surface area (Å²) in [6.45, 7) is 5.72. The first-order chi connectivity index (χ1) is 13.7. The maximum absolute atomic E-state index is 12.5. The van der Waals surface area contributed by atoms with Gasteiger partial charge in [0.05, 0.1) is 12.1 Å². The minimum Gasteiger partial charge on any atom is -0.383 e. The van der Waals surface area contributed by atoms with Gasteiger partial charge in [-0.2, -0.15) is 13.2 Å². The molecule has 0 aliphatic rings. The van der Waals surface area contributed by atoms with E-state index in [9.17, 15) is 18.3 Å². The number of alkyl halides is 3. The number of guanidine groups is 1. The van der Waals surface area contributed by atoms with Crippen LogP contribution in [0, 0.1) is 0 Å². The van der Waals surface area contributed by atoms with Crippen molar-refractivity contribution in [3.05, 3.63) is 46.3 Å². The maximum Gasteiger partial charge on any atom is 0.417 e. The Hall–Kier alpha value is -1.60. The van der Waals surface area contributed by atoms with Crippen molar-refractivity contribution in [3.63, 3.8) is 0 Å². The lowest BCUT2D eigenvalue weighted by molar-refractivity contribution is -0.137. The molecule has 11 heteroatoms. The average molecular weight is 557 g/mol. The topological polar surface area (TPSA) is 81.6 Å². The zero-order valence-corrected chi connectivity index (χ0v) is 19.9. The number of thiophene rings is 1. The van der Waals surface area contributed by atoms with Crippen molar-refractivity contribution >= 4 is 47.1 Å². The molecule has 2 aromatic heterocycles. The number of hydrogen-bond donors (Lipinski definition) is 4. The van der Waals surface area contributed by atoms with Gasteiger partial charge in [0, 0.05) is 30.7 Å². The molecule has 0 bridgehead atoms. The summed E-state index contributed by atoms with van der Waals surface area (Å²) in [5.74, 6) is 0.988. The predicted octanol–water partition coefficient (Wildman–Crippen LogP) is 4.04. The van der Waals surface area contributed by atoms with E-state index in [-0.39, 0.29) is 30.5 Å². The van der Waals surface area contributed by atoms with Crippen LogP contribution < -0.4 is 16.0 Å². The maximum atomic E-state index is 12.5. The van der Waals surface area contributed by atoms with E-state index in [0.717, 1.165) is 17.1 Å². The van der Waals surface area contributed by atoms with Gasteiger partial charge in [-0.15, -0.1) is 35.3 Å². The van der Waals surface area contributed by atoms with E-state index < -0.39 is 17.3 Å². The molecule has 0 aliphatic carbocycles. The molecule has 0 radical (unpaired) electrons. The molecule has 6 nitrogen and oxygen atoms in total. The summed E-state index contributed by atoms with van der Waals surface area (Å²) >= 11 is 1.48. The van der Waals surface area contributed by atoms with E-state index in [1.165, 1.54) is 17.4 Å². The van der Waals surface area contributed by atoms with Crippen LogP contribution in [0.5, 0.6) is 0 Å². The second-order valence-corrected chi connectivity index (χ2v) is 7.53. The van der Waals surface area contributed by atoms with Crippen molar-refractivity contribution in [2.75, 3.05) is 31.5 Å². The van der Waals surface area contributed by atoms with E-state index in [1.54, 1.807) is 6.92 Å². The van der Waals surface area contributed by atoms with E-state index in [4.69, 9.17) is 0 Å². The number of aromatic nitrogens is 1. The summed E-state index contributed by atoms with van der Waals surface area (Å²) in [6.07, 6.45) is -2.87. The van der Waals surface area contributed by atoms with Crippen LogP contribution in [0.25, 0.3) is 0 Å². The highest BCUT2D eigenvalue weighted by Gasteiger charge is 2.30. The highest BCUT2D eigenvalue weighted by molar-refractivity contribution is 14.0. The Bertz CT molecular complexity index is 767. The summed E-state index contributed by atoms with van der Waals surface area (Å²) in [5, 5.41) is 21.8. The summed E-state index contributed by atoms with van der Waals surface area (Å²) in [5.41, 5.74) is -1.80. The predicted molar refractivity (Wildman–Crippen MR) is 126 cm³/mol. The monoisotopic (exact) mass is 557 g/mol. The SMILES string of the molecule is CCNC(=NCC(C)(O)c1cccs1)NCCCNc1ccc(C(F)(F)F)cn1.I. The summed E-state index contributed by atoms with van der Waals surface area (Å²) < 4.78 is 37.6. The zero-order chi connectivity index (χ0) is 21.3. The fourth-order valence-corrected chi connectivity index (χ4v) is 3.19. The number of nitrogens with zero attached hydrogens (tertiary/aromatic N) is 2. The zero-order valence-electron chi connectivity index (χ0n) is 16.8. The number of aliphatic imine (C=N–C) groups is 1. The van der Waals surface area contributed by atoms with Gasteiger partial charge in [-0.25, -0.2) is 9.98 Å². The molecule has 0 spiro atoms.